The molecule has 7 heteroatoms. The standard InChI is InChI=1S/C24H27N3O3S/c1-25-24(29)20-11-9-19(10-12-20)16-27(17-21-6-5-14-30-21)18-23(28)26-13-15-31-22-7-3-2-4-8-22/h2-12,14H,13,15-18H2,1H3,(H,25,29)(H,26,28). The molecule has 6 nitrogen and oxygen atoms in total. The number of benzene rings is 2. The highest BCUT2D eigenvalue weighted by molar-refractivity contribution is 7.99. The lowest BCUT2D eigenvalue weighted by molar-refractivity contribution is -0.122. The van der Waals surface area contributed by atoms with Gasteiger partial charge in [-0.3, -0.25) is 14.5 Å². The van der Waals surface area contributed by atoms with Crippen LogP contribution in [0.2, 0.25) is 0 Å². The first-order valence-corrected chi connectivity index (χ1v) is 11.1. The van der Waals surface area contributed by atoms with Gasteiger partial charge in [0.2, 0.25) is 5.91 Å². The van der Waals surface area contributed by atoms with Gasteiger partial charge in [0, 0.05) is 36.3 Å². The number of nitrogens with one attached hydrogen (secondary N) is 2. The molecule has 0 saturated carbocycles. The van der Waals surface area contributed by atoms with E-state index in [2.05, 4.69) is 22.8 Å². The van der Waals surface area contributed by atoms with Crippen LogP contribution < -0.4 is 10.6 Å². The molecule has 0 saturated heterocycles. The minimum absolute atomic E-state index is 0.0257. The number of hydrogen-bond donors (Lipinski definition) is 2. The molecule has 1 aromatic heterocycles. The predicted octanol–water partition coefficient (Wildman–Crippen LogP) is 3.55. The van der Waals surface area contributed by atoms with Crippen molar-refractivity contribution in [2.75, 3.05) is 25.9 Å². The van der Waals surface area contributed by atoms with Gasteiger partial charge in [-0.1, -0.05) is 30.3 Å². The maximum atomic E-state index is 12.5. The highest BCUT2D eigenvalue weighted by Gasteiger charge is 2.14. The molecule has 0 unspecified atom stereocenters. The van der Waals surface area contributed by atoms with Crippen molar-refractivity contribution in [3.05, 3.63) is 89.9 Å². The zero-order chi connectivity index (χ0) is 21.9. The van der Waals surface area contributed by atoms with Crippen molar-refractivity contribution in [1.82, 2.24) is 15.5 Å². The van der Waals surface area contributed by atoms with Crippen molar-refractivity contribution < 1.29 is 14.0 Å². The molecule has 31 heavy (non-hydrogen) atoms. The van der Waals surface area contributed by atoms with Crippen LogP contribution in [-0.2, 0) is 17.9 Å². The number of thioether (sulfide) groups is 1. The second-order valence-corrected chi connectivity index (χ2v) is 8.18. The fraction of sp³-hybridized carbons (Fsp3) is 0.250. The number of nitrogens with zero attached hydrogens (tertiary/aromatic N) is 1. The van der Waals surface area contributed by atoms with Crippen LogP contribution in [0.3, 0.4) is 0 Å². The summed E-state index contributed by atoms with van der Waals surface area (Å²) in [5.41, 5.74) is 1.63. The van der Waals surface area contributed by atoms with Crippen molar-refractivity contribution in [1.29, 1.82) is 0 Å². The van der Waals surface area contributed by atoms with Gasteiger partial charge >= 0.3 is 0 Å². The Morgan fingerprint density at radius 3 is 2.42 bits per heavy atom. The van der Waals surface area contributed by atoms with Crippen LogP contribution in [-0.4, -0.2) is 42.6 Å². The maximum Gasteiger partial charge on any atom is 0.251 e. The molecule has 0 radical (unpaired) electrons. The number of carbonyl (C=O) groups excluding carboxylic acids is 2. The Bertz CT molecular complexity index is 944. The summed E-state index contributed by atoms with van der Waals surface area (Å²) < 4.78 is 5.47. The van der Waals surface area contributed by atoms with Crippen LogP contribution in [0.1, 0.15) is 21.7 Å². The summed E-state index contributed by atoms with van der Waals surface area (Å²) >= 11 is 1.72. The lowest BCUT2D eigenvalue weighted by atomic mass is 10.1. The monoisotopic (exact) mass is 437 g/mol. The van der Waals surface area contributed by atoms with Gasteiger partial charge < -0.3 is 15.1 Å². The molecule has 2 amide bonds. The van der Waals surface area contributed by atoms with Crippen molar-refractivity contribution in [2.45, 2.75) is 18.0 Å². The van der Waals surface area contributed by atoms with Crippen molar-refractivity contribution >= 4 is 23.6 Å². The van der Waals surface area contributed by atoms with Gasteiger partial charge in [0.1, 0.15) is 5.76 Å². The number of amides is 2. The molecule has 0 bridgehead atoms. The van der Waals surface area contributed by atoms with Crippen LogP contribution in [0.4, 0.5) is 0 Å². The van der Waals surface area contributed by atoms with E-state index >= 15 is 0 Å². The van der Waals surface area contributed by atoms with Crippen LogP contribution in [0.15, 0.2) is 82.3 Å². The highest BCUT2D eigenvalue weighted by Crippen LogP contribution is 2.16. The summed E-state index contributed by atoms with van der Waals surface area (Å²) in [5, 5.41) is 5.61. The van der Waals surface area contributed by atoms with E-state index in [1.807, 2.05) is 47.4 Å². The van der Waals surface area contributed by atoms with Crippen molar-refractivity contribution in [3.8, 4) is 0 Å². The molecule has 0 spiro atoms. The van der Waals surface area contributed by atoms with Crippen LogP contribution in [0.5, 0.6) is 0 Å². The Labute approximate surface area is 187 Å². The molecule has 0 aliphatic rings. The summed E-state index contributed by atoms with van der Waals surface area (Å²) in [6, 6.07) is 21.3. The molecule has 0 aliphatic heterocycles. The van der Waals surface area contributed by atoms with E-state index < -0.39 is 0 Å². The largest absolute Gasteiger partial charge is 0.468 e. The SMILES string of the molecule is CNC(=O)c1ccc(CN(CC(=O)NCCSc2ccccc2)Cc2ccco2)cc1. The Balaban J connectivity index is 1.53. The number of carbonyl (C=O) groups is 2. The Morgan fingerprint density at radius 2 is 1.74 bits per heavy atom. The van der Waals surface area contributed by atoms with Crippen molar-refractivity contribution in [2.24, 2.45) is 0 Å². The fourth-order valence-electron chi connectivity index (χ4n) is 3.09. The molecular formula is C24H27N3O3S. The summed E-state index contributed by atoms with van der Waals surface area (Å²) in [4.78, 5) is 27.5. The zero-order valence-corrected chi connectivity index (χ0v) is 18.4. The van der Waals surface area contributed by atoms with E-state index in [4.69, 9.17) is 4.42 Å². The second-order valence-electron chi connectivity index (χ2n) is 7.01. The van der Waals surface area contributed by atoms with Gasteiger partial charge in [0.05, 0.1) is 19.4 Å². The van der Waals surface area contributed by atoms with Crippen LogP contribution >= 0.6 is 11.8 Å². The van der Waals surface area contributed by atoms with E-state index in [0.717, 1.165) is 17.1 Å². The normalized spacial score (nSPS) is 10.8. The van der Waals surface area contributed by atoms with Gasteiger partial charge in [-0.25, -0.2) is 0 Å². The number of furan rings is 1. The smallest absolute Gasteiger partial charge is 0.251 e. The first-order valence-electron chi connectivity index (χ1n) is 10.1. The third-order valence-corrected chi connectivity index (χ3v) is 5.63. The average molecular weight is 438 g/mol. The van der Waals surface area contributed by atoms with E-state index in [1.54, 1.807) is 37.2 Å². The van der Waals surface area contributed by atoms with E-state index in [9.17, 15) is 9.59 Å². The molecule has 162 valence electrons. The summed E-state index contributed by atoms with van der Waals surface area (Å²) in [6.45, 7) is 1.96. The zero-order valence-electron chi connectivity index (χ0n) is 17.5. The summed E-state index contributed by atoms with van der Waals surface area (Å²) in [7, 11) is 1.61. The Morgan fingerprint density at radius 1 is 0.968 bits per heavy atom. The minimum Gasteiger partial charge on any atom is -0.468 e. The van der Waals surface area contributed by atoms with Crippen LogP contribution in [0.25, 0.3) is 0 Å². The predicted molar refractivity (Wildman–Crippen MR) is 123 cm³/mol. The quantitative estimate of drug-likeness (QED) is 0.354. The molecule has 0 fully saturated rings. The molecule has 3 aromatic rings. The summed E-state index contributed by atoms with van der Waals surface area (Å²) in [5.74, 6) is 1.47. The minimum atomic E-state index is -0.119. The number of rotatable bonds is 11. The number of hydrogen-bond acceptors (Lipinski definition) is 5. The van der Waals surface area contributed by atoms with E-state index in [-0.39, 0.29) is 18.4 Å². The third-order valence-electron chi connectivity index (χ3n) is 4.61. The van der Waals surface area contributed by atoms with Crippen molar-refractivity contribution in [3.63, 3.8) is 0 Å². The van der Waals surface area contributed by atoms with Gasteiger partial charge in [-0.15, -0.1) is 11.8 Å². The summed E-state index contributed by atoms with van der Waals surface area (Å²) in [6.07, 6.45) is 1.63. The molecular weight excluding hydrogens is 410 g/mol. The molecule has 0 atom stereocenters. The second kappa shape index (κ2) is 12.0. The lowest BCUT2D eigenvalue weighted by Crippen LogP contribution is -2.37. The Hall–Kier alpha value is -3.03. The highest BCUT2D eigenvalue weighted by atomic mass is 32.2. The molecule has 3 rings (SSSR count). The van der Waals surface area contributed by atoms with Gasteiger partial charge in [-0.05, 0) is 42.0 Å². The molecule has 2 N–H and O–H groups in total. The first kappa shape index (κ1) is 22.7. The van der Waals surface area contributed by atoms with E-state index in [0.29, 0.717) is 25.2 Å². The molecule has 1 heterocycles. The van der Waals surface area contributed by atoms with Gasteiger partial charge in [-0.2, -0.15) is 0 Å². The fourth-order valence-corrected chi connectivity index (χ4v) is 3.88. The average Bonchev–Trinajstić information content (AvgIpc) is 3.30. The molecule has 2 aromatic carbocycles. The Kier molecular flexibility index (Phi) is 8.75. The van der Waals surface area contributed by atoms with Gasteiger partial charge in [0.15, 0.2) is 0 Å². The van der Waals surface area contributed by atoms with Gasteiger partial charge in [0.25, 0.3) is 5.91 Å². The van der Waals surface area contributed by atoms with E-state index in [1.165, 1.54) is 4.90 Å². The first-order chi connectivity index (χ1) is 15.1. The van der Waals surface area contributed by atoms with Crippen LogP contribution in [0, 0.1) is 0 Å². The lowest BCUT2D eigenvalue weighted by Gasteiger charge is -2.21. The third kappa shape index (κ3) is 7.62. The topological polar surface area (TPSA) is 74.6 Å². The molecule has 0 aliphatic carbocycles. The maximum absolute atomic E-state index is 12.5.